The molecule has 0 bridgehead atoms. The van der Waals surface area contributed by atoms with Gasteiger partial charge in [-0.3, -0.25) is 0 Å². The molecule has 0 radical (unpaired) electrons. The third-order valence-electron chi connectivity index (χ3n) is 5.06. The van der Waals surface area contributed by atoms with Crippen LogP contribution in [0.5, 0.6) is 11.5 Å². The number of cyclic esters (lactones) is 1. The Bertz CT molecular complexity index is 1120. The van der Waals surface area contributed by atoms with E-state index in [2.05, 4.69) is 0 Å². The third-order valence-corrected chi connectivity index (χ3v) is 5.06. The molecule has 0 spiro atoms. The van der Waals surface area contributed by atoms with Gasteiger partial charge < -0.3 is 25.7 Å². The van der Waals surface area contributed by atoms with Gasteiger partial charge in [0.2, 0.25) is 6.79 Å². The Morgan fingerprint density at radius 3 is 2.58 bits per heavy atom. The van der Waals surface area contributed by atoms with E-state index in [-0.39, 0.29) is 19.4 Å². The summed E-state index contributed by atoms with van der Waals surface area (Å²) in [7, 11) is 0. The van der Waals surface area contributed by atoms with E-state index in [1.54, 1.807) is 0 Å². The minimum absolute atomic E-state index is 0.177. The monoisotopic (exact) mass is 348 g/mol. The number of nitrogens with two attached hydrogens (primary N) is 2. The number of ether oxygens (including phenoxy) is 3. The smallest absolute Gasteiger partial charge is 0.339 e. The first-order valence-corrected chi connectivity index (χ1v) is 8.26. The first kappa shape index (κ1) is 14.9. The number of carbonyl (C=O) groups excluding carboxylic acids is 1. The molecular weight excluding hydrogens is 332 g/mol. The number of esters is 1. The molecule has 3 aromatic rings. The summed E-state index contributed by atoms with van der Waals surface area (Å²) in [6, 6.07) is 9.44. The van der Waals surface area contributed by atoms with Gasteiger partial charge in [-0.1, -0.05) is 6.07 Å². The number of hydrogen-bond acceptors (Lipinski definition) is 6. The van der Waals surface area contributed by atoms with Gasteiger partial charge in [-0.15, -0.1) is 0 Å². The Balaban J connectivity index is 1.92. The molecule has 0 saturated heterocycles. The van der Waals surface area contributed by atoms with Gasteiger partial charge in [-0.2, -0.15) is 0 Å². The molecule has 4 N–H and O–H groups in total. The molecule has 0 atom stereocenters. The fraction of sp³-hybridized carbons (Fsp3) is 0.150. The number of aryl methyl sites for hydroxylation is 1. The van der Waals surface area contributed by atoms with Crippen molar-refractivity contribution >= 4 is 28.1 Å². The molecule has 0 aromatic heterocycles. The molecule has 0 aliphatic carbocycles. The summed E-state index contributed by atoms with van der Waals surface area (Å²) in [6.45, 7) is 2.30. The van der Waals surface area contributed by atoms with Crippen molar-refractivity contribution in [3.8, 4) is 22.6 Å². The third kappa shape index (κ3) is 1.89. The highest BCUT2D eigenvalue weighted by molar-refractivity contribution is 6.15. The van der Waals surface area contributed by atoms with E-state index in [4.69, 9.17) is 25.7 Å². The lowest BCUT2D eigenvalue weighted by molar-refractivity contribution is 0.0536. The van der Waals surface area contributed by atoms with Crippen LogP contribution in [-0.4, -0.2) is 12.8 Å². The molecule has 26 heavy (non-hydrogen) atoms. The van der Waals surface area contributed by atoms with E-state index in [9.17, 15) is 4.79 Å². The van der Waals surface area contributed by atoms with Crippen LogP contribution in [0.3, 0.4) is 0 Å². The van der Waals surface area contributed by atoms with Gasteiger partial charge in [-0.05, 0) is 47.7 Å². The lowest BCUT2D eigenvalue weighted by atomic mass is 9.88. The van der Waals surface area contributed by atoms with Crippen molar-refractivity contribution in [2.75, 3.05) is 18.3 Å². The maximum atomic E-state index is 12.5. The van der Waals surface area contributed by atoms with E-state index in [1.807, 2.05) is 37.3 Å². The van der Waals surface area contributed by atoms with Crippen molar-refractivity contribution in [3.05, 3.63) is 47.0 Å². The second-order valence-electron chi connectivity index (χ2n) is 6.54. The van der Waals surface area contributed by atoms with Crippen molar-refractivity contribution in [1.29, 1.82) is 0 Å². The molecule has 130 valence electrons. The van der Waals surface area contributed by atoms with Crippen LogP contribution in [0.15, 0.2) is 30.3 Å². The van der Waals surface area contributed by atoms with Crippen molar-refractivity contribution < 1.29 is 19.0 Å². The summed E-state index contributed by atoms with van der Waals surface area (Å²) >= 11 is 0. The summed E-state index contributed by atoms with van der Waals surface area (Å²) < 4.78 is 16.2. The number of hydrogen-bond donors (Lipinski definition) is 2. The number of nitrogen functional groups attached to an aromatic ring is 2. The second kappa shape index (κ2) is 5.05. The molecule has 2 heterocycles. The Hall–Kier alpha value is -3.41. The molecule has 2 aliphatic rings. The van der Waals surface area contributed by atoms with Crippen molar-refractivity contribution in [3.63, 3.8) is 0 Å². The van der Waals surface area contributed by atoms with Crippen LogP contribution < -0.4 is 20.9 Å². The van der Waals surface area contributed by atoms with Crippen LogP contribution in [0.2, 0.25) is 0 Å². The van der Waals surface area contributed by atoms with Crippen LogP contribution in [0.25, 0.3) is 21.9 Å². The van der Waals surface area contributed by atoms with E-state index in [1.165, 1.54) is 0 Å². The second-order valence-corrected chi connectivity index (χ2v) is 6.54. The maximum Gasteiger partial charge on any atom is 0.339 e. The Morgan fingerprint density at radius 2 is 1.73 bits per heavy atom. The normalized spacial score (nSPS) is 14.6. The zero-order valence-corrected chi connectivity index (χ0v) is 14.1. The first-order valence-electron chi connectivity index (χ1n) is 8.26. The SMILES string of the molecule is Cc1cc2c(N)c3c(c(-c4ccc5c(c4)OCO5)c2cc1N)C(=O)OC3. The van der Waals surface area contributed by atoms with Crippen molar-refractivity contribution in [2.24, 2.45) is 0 Å². The molecule has 6 nitrogen and oxygen atoms in total. The van der Waals surface area contributed by atoms with Crippen molar-refractivity contribution in [2.45, 2.75) is 13.5 Å². The van der Waals surface area contributed by atoms with Gasteiger partial charge in [0.25, 0.3) is 0 Å². The predicted molar refractivity (Wildman–Crippen MR) is 98.2 cm³/mol. The van der Waals surface area contributed by atoms with Crippen LogP contribution in [0.1, 0.15) is 21.5 Å². The largest absolute Gasteiger partial charge is 0.457 e. The lowest BCUT2D eigenvalue weighted by Crippen LogP contribution is -2.03. The van der Waals surface area contributed by atoms with E-state index in [0.717, 1.165) is 33.0 Å². The fourth-order valence-corrected chi connectivity index (χ4v) is 3.67. The number of benzene rings is 3. The summed E-state index contributed by atoms with van der Waals surface area (Å²) in [5.74, 6) is 0.955. The summed E-state index contributed by atoms with van der Waals surface area (Å²) in [6.07, 6.45) is 0. The molecule has 6 heteroatoms. The lowest BCUT2D eigenvalue weighted by Gasteiger charge is -2.16. The molecule has 0 unspecified atom stereocenters. The molecular formula is C20H16N2O4. The topological polar surface area (TPSA) is 96.8 Å². The highest BCUT2D eigenvalue weighted by atomic mass is 16.7. The maximum absolute atomic E-state index is 12.5. The molecule has 2 aliphatic heterocycles. The van der Waals surface area contributed by atoms with Gasteiger partial charge >= 0.3 is 5.97 Å². The van der Waals surface area contributed by atoms with Crippen LogP contribution in [0.4, 0.5) is 11.4 Å². The molecule has 0 fully saturated rings. The zero-order chi connectivity index (χ0) is 18.0. The molecule has 3 aromatic carbocycles. The van der Waals surface area contributed by atoms with Gasteiger partial charge in [-0.25, -0.2) is 4.79 Å². The number of anilines is 2. The Kier molecular flexibility index (Phi) is 2.89. The molecule has 0 amide bonds. The van der Waals surface area contributed by atoms with Gasteiger partial charge in [0, 0.05) is 27.9 Å². The van der Waals surface area contributed by atoms with Crippen molar-refractivity contribution in [1.82, 2.24) is 0 Å². The highest BCUT2D eigenvalue weighted by Gasteiger charge is 2.31. The zero-order valence-electron chi connectivity index (χ0n) is 14.1. The average molecular weight is 348 g/mol. The average Bonchev–Trinajstić information content (AvgIpc) is 3.24. The number of fused-ring (bicyclic) bond motifs is 3. The Labute approximate surface area is 149 Å². The highest BCUT2D eigenvalue weighted by Crippen LogP contribution is 2.45. The van der Waals surface area contributed by atoms with Crippen LogP contribution >= 0.6 is 0 Å². The van der Waals surface area contributed by atoms with Crippen LogP contribution in [-0.2, 0) is 11.3 Å². The Morgan fingerprint density at radius 1 is 0.923 bits per heavy atom. The first-order chi connectivity index (χ1) is 12.5. The van der Waals surface area contributed by atoms with Gasteiger partial charge in [0.05, 0.1) is 5.56 Å². The summed E-state index contributed by atoms with van der Waals surface area (Å²) in [5.41, 5.74) is 17.5. The summed E-state index contributed by atoms with van der Waals surface area (Å²) in [5, 5.41) is 1.68. The van der Waals surface area contributed by atoms with E-state index in [0.29, 0.717) is 28.4 Å². The molecule has 0 saturated carbocycles. The van der Waals surface area contributed by atoms with E-state index < -0.39 is 0 Å². The standard InChI is InChI=1S/C20H16N2O4/c1-9-4-12-11(6-14(9)21)17(18-13(19(12)22)7-24-20(18)23)10-2-3-15-16(5-10)26-8-25-15/h2-6H,7-8,21-22H2,1H3. The minimum atomic E-state index is -0.375. The fourth-order valence-electron chi connectivity index (χ4n) is 3.67. The molecule has 5 rings (SSSR count). The number of carbonyl (C=O) groups is 1. The van der Waals surface area contributed by atoms with Gasteiger partial charge in [0.1, 0.15) is 6.61 Å². The number of rotatable bonds is 1. The quantitative estimate of drug-likeness (QED) is 0.517. The minimum Gasteiger partial charge on any atom is -0.457 e. The van der Waals surface area contributed by atoms with E-state index >= 15 is 0 Å². The van der Waals surface area contributed by atoms with Crippen LogP contribution in [0, 0.1) is 6.92 Å². The van der Waals surface area contributed by atoms with Gasteiger partial charge in [0.15, 0.2) is 11.5 Å². The predicted octanol–water partition coefficient (Wildman–Crippen LogP) is 3.38. The summed E-state index contributed by atoms with van der Waals surface area (Å²) in [4.78, 5) is 12.5.